The van der Waals surface area contributed by atoms with Crippen LogP contribution in [0.4, 0.5) is 17.1 Å². The summed E-state index contributed by atoms with van der Waals surface area (Å²) in [4.78, 5) is 9.98. The van der Waals surface area contributed by atoms with Crippen LogP contribution in [0, 0.1) is 0 Å². The molecule has 2 aliphatic heterocycles. The number of amidine groups is 1. The quantitative estimate of drug-likeness (QED) is 0.843. The molecule has 0 unspecified atom stereocenters. The smallest absolute Gasteiger partial charge is 0.138 e. The molecule has 0 radical (unpaired) electrons. The van der Waals surface area contributed by atoms with Crippen LogP contribution in [-0.4, -0.2) is 43.0 Å². The largest absolute Gasteiger partial charge is 0.353 e. The third kappa shape index (κ3) is 2.70. The normalized spacial score (nSPS) is 19.8. The number of anilines is 2. The van der Waals surface area contributed by atoms with Gasteiger partial charge in [0.15, 0.2) is 0 Å². The number of halogens is 1. The molecule has 1 N–H and O–H groups in total. The fraction of sp³-hybridized carbons (Fsp3) is 0.350. The summed E-state index contributed by atoms with van der Waals surface area (Å²) in [7, 11) is 0. The Balaban J connectivity index is 1.73. The van der Waals surface area contributed by atoms with Crippen LogP contribution in [0.25, 0.3) is 0 Å². The number of fused-ring (bicyclic) bond motifs is 2. The van der Waals surface area contributed by atoms with Gasteiger partial charge in [-0.15, -0.1) is 0 Å². The topological polar surface area (TPSA) is 30.9 Å². The van der Waals surface area contributed by atoms with Gasteiger partial charge >= 0.3 is 0 Å². The third-order valence-corrected chi connectivity index (χ3v) is 5.39. The Kier molecular flexibility index (Phi) is 3.68. The maximum atomic E-state index is 6.39. The van der Waals surface area contributed by atoms with Crippen molar-refractivity contribution in [2.24, 2.45) is 4.99 Å². The first-order valence-electron chi connectivity index (χ1n) is 9.04. The van der Waals surface area contributed by atoms with Gasteiger partial charge in [-0.05, 0) is 43.2 Å². The Hall–Kier alpha value is -2.04. The molecule has 1 saturated heterocycles. The highest BCUT2D eigenvalue weighted by atomic mass is 35.5. The molecule has 5 rings (SSSR count). The average molecular weight is 353 g/mol. The second-order valence-electron chi connectivity index (χ2n) is 6.92. The summed E-state index contributed by atoms with van der Waals surface area (Å²) in [5.74, 6) is 1.07. The first-order valence-corrected chi connectivity index (χ1v) is 9.41. The number of para-hydroxylation sites is 2. The summed E-state index contributed by atoms with van der Waals surface area (Å²) in [5.41, 5.74) is 4.63. The molecular formula is C20H21ClN4. The molecule has 0 bridgehead atoms. The lowest BCUT2D eigenvalue weighted by Crippen LogP contribution is -2.46. The van der Waals surface area contributed by atoms with E-state index in [0.717, 1.165) is 42.7 Å². The molecule has 128 valence electrons. The lowest BCUT2D eigenvalue weighted by atomic mass is 10.1. The number of benzene rings is 2. The Labute approximate surface area is 153 Å². The molecule has 4 nitrogen and oxygen atoms in total. The van der Waals surface area contributed by atoms with Gasteiger partial charge in [0.25, 0.3) is 0 Å². The molecule has 0 spiro atoms. The van der Waals surface area contributed by atoms with E-state index < -0.39 is 0 Å². The average Bonchev–Trinajstić information content (AvgIpc) is 3.47. The van der Waals surface area contributed by atoms with E-state index in [-0.39, 0.29) is 0 Å². The zero-order chi connectivity index (χ0) is 16.8. The van der Waals surface area contributed by atoms with E-state index in [9.17, 15) is 0 Å². The Morgan fingerprint density at radius 1 is 1.00 bits per heavy atom. The molecule has 2 heterocycles. The van der Waals surface area contributed by atoms with E-state index in [0.29, 0.717) is 6.04 Å². The van der Waals surface area contributed by atoms with Gasteiger partial charge in [0.2, 0.25) is 0 Å². The summed E-state index contributed by atoms with van der Waals surface area (Å²) in [6.07, 6.45) is 2.45. The van der Waals surface area contributed by atoms with Gasteiger partial charge in [0, 0.05) is 42.8 Å². The molecule has 25 heavy (non-hydrogen) atoms. The van der Waals surface area contributed by atoms with Crippen molar-refractivity contribution in [2.75, 3.05) is 31.1 Å². The molecule has 1 aliphatic carbocycles. The molecule has 2 aromatic carbocycles. The minimum absolute atomic E-state index is 0.552. The predicted octanol–water partition coefficient (Wildman–Crippen LogP) is 3.94. The maximum absolute atomic E-state index is 6.39. The van der Waals surface area contributed by atoms with Crippen molar-refractivity contribution in [2.45, 2.75) is 18.9 Å². The second-order valence-corrected chi connectivity index (χ2v) is 7.36. The highest BCUT2D eigenvalue weighted by Gasteiger charge is 2.36. The van der Waals surface area contributed by atoms with Crippen LogP contribution in [0.2, 0.25) is 5.02 Å². The van der Waals surface area contributed by atoms with Crippen LogP contribution < -0.4 is 10.2 Å². The van der Waals surface area contributed by atoms with E-state index >= 15 is 0 Å². The van der Waals surface area contributed by atoms with E-state index in [1.807, 2.05) is 6.07 Å². The molecule has 2 aromatic rings. The summed E-state index contributed by atoms with van der Waals surface area (Å²) in [5, 5.41) is 4.21. The fourth-order valence-corrected chi connectivity index (χ4v) is 3.97. The number of hydrogen-bond acceptors (Lipinski definition) is 4. The zero-order valence-electron chi connectivity index (χ0n) is 14.1. The number of hydrogen-bond donors (Lipinski definition) is 1. The molecule has 3 aliphatic rings. The van der Waals surface area contributed by atoms with Gasteiger partial charge in [-0.2, -0.15) is 0 Å². The van der Waals surface area contributed by atoms with E-state index in [1.54, 1.807) is 0 Å². The van der Waals surface area contributed by atoms with Crippen molar-refractivity contribution in [3.8, 4) is 0 Å². The minimum Gasteiger partial charge on any atom is -0.353 e. The molecular weight excluding hydrogens is 332 g/mol. The number of aliphatic imine (C=N–C) groups is 1. The number of nitrogens with zero attached hydrogens (tertiary/aromatic N) is 3. The molecule has 0 atom stereocenters. The maximum Gasteiger partial charge on any atom is 0.138 e. The first kappa shape index (κ1) is 15.2. The van der Waals surface area contributed by atoms with Crippen LogP contribution >= 0.6 is 11.6 Å². The van der Waals surface area contributed by atoms with E-state index in [2.05, 4.69) is 51.5 Å². The molecule has 1 saturated carbocycles. The van der Waals surface area contributed by atoms with Crippen LogP contribution in [-0.2, 0) is 0 Å². The standard InChI is InChI=1S/C20H21ClN4/c21-14-5-8-16-19(13-14)25(15-6-7-15)18-4-2-1-3-17(18)23-20(16)24-11-9-22-10-12-24/h1-5,8,13,15,22H,6-7,9-12H2. The fourth-order valence-electron chi connectivity index (χ4n) is 3.80. The summed E-state index contributed by atoms with van der Waals surface area (Å²) in [6.45, 7) is 3.95. The van der Waals surface area contributed by atoms with Crippen molar-refractivity contribution in [3.63, 3.8) is 0 Å². The van der Waals surface area contributed by atoms with E-state index in [1.165, 1.54) is 29.8 Å². The Morgan fingerprint density at radius 3 is 2.60 bits per heavy atom. The predicted molar refractivity (Wildman–Crippen MR) is 104 cm³/mol. The summed E-state index contributed by atoms with van der Waals surface area (Å²) >= 11 is 6.39. The molecule has 2 fully saturated rings. The highest BCUT2D eigenvalue weighted by Crippen LogP contribution is 2.46. The first-order chi connectivity index (χ1) is 12.3. The molecule has 0 aromatic heterocycles. The van der Waals surface area contributed by atoms with Gasteiger partial charge in [-0.25, -0.2) is 4.99 Å². The van der Waals surface area contributed by atoms with Crippen LogP contribution in [0.1, 0.15) is 18.4 Å². The number of nitrogens with one attached hydrogen (secondary N) is 1. The highest BCUT2D eigenvalue weighted by molar-refractivity contribution is 6.31. The zero-order valence-corrected chi connectivity index (χ0v) is 14.8. The number of rotatable bonds is 1. The summed E-state index contributed by atoms with van der Waals surface area (Å²) < 4.78 is 0. The van der Waals surface area contributed by atoms with Crippen molar-refractivity contribution in [1.82, 2.24) is 10.2 Å². The third-order valence-electron chi connectivity index (χ3n) is 5.16. The van der Waals surface area contributed by atoms with Crippen molar-refractivity contribution >= 4 is 34.5 Å². The Morgan fingerprint density at radius 2 is 1.80 bits per heavy atom. The van der Waals surface area contributed by atoms with Gasteiger partial charge in [-0.3, -0.25) is 0 Å². The van der Waals surface area contributed by atoms with Crippen molar-refractivity contribution in [3.05, 3.63) is 53.1 Å². The van der Waals surface area contributed by atoms with Gasteiger partial charge < -0.3 is 15.1 Å². The van der Waals surface area contributed by atoms with Crippen LogP contribution in [0.3, 0.4) is 0 Å². The molecule has 5 heteroatoms. The van der Waals surface area contributed by atoms with Crippen molar-refractivity contribution in [1.29, 1.82) is 0 Å². The number of piperazine rings is 1. The van der Waals surface area contributed by atoms with Crippen molar-refractivity contribution < 1.29 is 0 Å². The summed E-state index contributed by atoms with van der Waals surface area (Å²) in [6, 6.07) is 15.3. The Bertz CT molecular complexity index is 837. The van der Waals surface area contributed by atoms with Gasteiger partial charge in [0.1, 0.15) is 5.84 Å². The monoisotopic (exact) mass is 352 g/mol. The lowest BCUT2D eigenvalue weighted by Gasteiger charge is -2.32. The molecule has 0 amide bonds. The van der Waals surface area contributed by atoms with Gasteiger partial charge in [-0.1, -0.05) is 23.7 Å². The van der Waals surface area contributed by atoms with Crippen LogP contribution in [0.5, 0.6) is 0 Å². The SMILES string of the molecule is Clc1ccc2c(c1)N(C1CC1)c1ccccc1N=C2N1CCNCC1. The van der Waals surface area contributed by atoms with E-state index in [4.69, 9.17) is 16.6 Å². The van der Waals surface area contributed by atoms with Crippen LogP contribution in [0.15, 0.2) is 47.5 Å². The minimum atomic E-state index is 0.552. The van der Waals surface area contributed by atoms with Gasteiger partial charge in [0.05, 0.1) is 17.1 Å². The second kappa shape index (κ2) is 6.04. The lowest BCUT2D eigenvalue weighted by molar-refractivity contribution is 0.358.